The lowest BCUT2D eigenvalue weighted by atomic mass is 10.2. The molecular formula is C13H17N3O5. The summed E-state index contributed by atoms with van der Waals surface area (Å²) < 4.78 is 0. The molecule has 0 bridgehead atoms. The largest absolute Gasteiger partial charge is 0.480 e. The predicted octanol–water partition coefficient (Wildman–Crippen LogP) is 2.23. The van der Waals surface area contributed by atoms with Crippen LogP contribution in [0.1, 0.15) is 19.4 Å². The fourth-order valence-electron chi connectivity index (χ4n) is 1.71. The fourth-order valence-corrected chi connectivity index (χ4v) is 1.71. The number of aryl methyl sites for hydroxylation is 1. The van der Waals surface area contributed by atoms with Crippen LogP contribution >= 0.6 is 0 Å². The summed E-state index contributed by atoms with van der Waals surface area (Å²) in [6.45, 7) is 4.51. The van der Waals surface area contributed by atoms with E-state index in [4.69, 9.17) is 5.11 Å². The van der Waals surface area contributed by atoms with E-state index in [-0.39, 0.29) is 17.4 Å². The molecule has 0 unspecified atom stereocenters. The van der Waals surface area contributed by atoms with E-state index in [2.05, 4.69) is 5.32 Å². The maximum Gasteiger partial charge on any atom is 0.323 e. The Kier molecular flexibility index (Phi) is 5.23. The van der Waals surface area contributed by atoms with Crippen LogP contribution in [0.5, 0.6) is 0 Å². The number of carboxylic acids is 1. The van der Waals surface area contributed by atoms with Crippen LogP contribution in [0.3, 0.4) is 0 Å². The van der Waals surface area contributed by atoms with Gasteiger partial charge in [0.25, 0.3) is 5.69 Å². The molecule has 1 rings (SSSR count). The summed E-state index contributed by atoms with van der Waals surface area (Å²) in [5.74, 6) is -1.13. The number of carbonyl (C=O) groups is 2. The average Bonchev–Trinajstić information content (AvgIpc) is 2.37. The maximum absolute atomic E-state index is 12.0. The Morgan fingerprint density at radius 2 is 2.05 bits per heavy atom. The summed E-state index contributed by atoms with van der Waals surface area (Å²) in [5.41, 5.74) is 0.611. The summed E-state index contributed by atoms with van der Waals surface area (Å²) in [4.78, 5) is 34.2. The summed E-state index contributed by atoms with van der Waals surface area (Å²) in [5, 5.41) is 22.1. The molecule has 2 amide bonds. The third-order valence-corrected chi connectivity index (χ3v) is 2.85. The van der Waals surface area contributed by atoms with Gasteiger partial charge in [-0.25, -0.2) is 4.79 Å². The number of carbonyl (C=O) groups excluding carboxylic acids is 1. The van der Waals surface area contributed by atoms with Gasteiger partial charge in [-0.1, -0.05) is 6.07 Å². The molecule has 0 atom stereocenters. The van der Waals surface area contributed by atoms with Crippen LogP contribution in [-0.4, -0.2) is 39.5 Å². The topological polar surface area (TPSA) is 113 Å². The van der Waals surface area contributed by atoms with Crippen molar-refractivity contribution >= 4 is 23.4 Å². The van der Waals surface area contributed by atoms with Crippen molar-refractivity contribution in [2.45, 2.75) is 26.8 Å². The third-order valence-electron chi connectivity index (χ3n) is 2.85. The van der Waals surface area contributed by atoms with E-state index in [0.717, 1.165) is 4.90 Å². The van der Waals surface area contributed by atoms with Gasteiger partial charge in [-0.3, -0.25) is 14.9 Å². The highest BCUT2D eigenvalue weighted by atomic mass is 16.6. The standard InChI is InChI=1S/C13H17N3O5/c1-8(2)15(7-12(17)18)13(19)14-10-5-4-9(3)11(6-10)16(20)21/h4-6,8H,7H2,1-3H3,(H,14,19)(H,17,18). The number of hydrogen-bond acceptors (Lipinski definition) is 4. The van der Waals surface area contributed by atoms with Gasteiger partial charge in [-0.15, -0.1) is 0 Å². The molecule has 21 heavy (non-hydrogen) atoms. The summed E-state index contributed by atoms with van der Waals surface area (Å²) in [6, 6.07) is 3.35. The zero-order valence-electron chi connectivity index (χ0n) is 12.0. The summed E-state index contributed by atoms with van der Waals surface area (Å²) in [6.07, 6.45) is 0. The number of carboxylic acid groups (broad SMARTS) is 1. The Morgan fingerprint density at radius 1 is 1.43 bits per heavy atom. The van der Waals surface area contributed by atoms with Gasteiger partial charge >= 0.3 is 12.0 Å². The number of nitro groups is 1. The molecular weight excluding hydrogens is 278 g/mol. The van der Waals surface area contributed by atoms with Crippen molar-refractivity contribution in [2.75, 3.05) is 11.9 Å². The first kappa shape index (κ1) is 16.4. The van der Waals surface area contributed by atoms with Crippen LogP contribution in [0, 0.1) is 17.0 Å². The molecule has 1 aromatic carbocycles. The quantitative estimate of drug-likeness (QED) is 0.638. The highest BCUT2D eigenvalue weighted by Gasteiger charge is 2.20. The number of anilines is 1. The van der Waals surface area contributed by atoms with Crippen LogP contribution in [0.2, 0.25) is 0 Å². The molecule has 1 aromatic rings. The lowest BCUT2D eigenvalue weighted by molar-refractivity contribution is -0.385. The molecule has 0 saturated heterocycles. The molecule has 2 N–H and O–H groups in total. The molecule has 0 saturated carbocycles. The Bertz CT molecular complexity index is 571. The van der Waals surface area contributed by atoms with Crippen molar-refractivity contribution in [1.82, 2.24) is 4.90 Å². The monoisotopic (exact) mass is 295 g/mol. The molecule has 114 valence electrons. The van der Waals surface area contributed by atoms with Crippen molar-refractivity contribution in [2.24, 2.45) is 0 Å². The molecule has 0 aliphatic heterocycles. The zero-order valence-corrected chi connectivity index (χ0v) is 12.0. The Morgan fingerprint density at radius 3 is 2.52 bits per heavy atom. The van der Waals surface area contributed by atoms with Crippen molar-refractivity contribution < 1.29 is 19.6 Å². The smallest absolute Gasteiger partial charge is 0.323 e. The maximum atomic E-state index is 12.0. The van der Waals surface area contributed by atoms with E-state index in [0.29, 0.717) is 5.56 Å². The SMILES string of the molecule is Cc1ccc(NC(=O)N(CC(=O)O)C(C)C)cc1[N+](=O)[O-]. The van der Waals surface area contributed by atoms with Crippen molar-refractivity contribution in [3.63, 3.8) is 0 Å². The second-order valence-corrected chi connectivity index (χ2v) is 4.80. The normalized spacial score (nSPS) is 10.3. The number of hydrogen-bond donors (Lipinski definition) is 2. The van der Waals surface area contributed by atoms with Crippen LogP contribution in [-0.2, 0) is 4.79 Å². The third kappa shape index (κ3) is 4.44. The number of amides is 2. The molecule has 0 aliphatic carbocycles. The van der Waals surface area contributed by atoms with Gasteiger partial charge in [-0.05, 0) is 26.8 Å². The minimum atomic E-state index is -1.13. The van der Waals surface area contributed by atoms with E-state index < -0.39 is 23.5 Å². The summed E-state index contributed by atoms with van der Waals surface area (Å²) >= 11 is 0. The van der Waals surface area contributed by atoms with Gasteiger partial charge in [0.05, 0.1) is 4.92 Å². The number of nitrogens with one attached hydrogen (secondary N) is 1. The molecule has 0 heterocycles. The van der Waals surface area contributed by atoms with Crippen LogP contribution in [0.25, 0.3) is 0 Å². The van der Waals surface area contributed by atoms with Gasteiger partial charge in [0.1, 0.15) is 6.54 Å². The first-order valence-electron chi connectivity index (χ1n) is 6.26. The molecule has 0 fully saturated rings. The second-order valence-electron chi connectivity index (χ2n) is 4.80. The summed E-state index contributed by atoms with van der Waals surface area (Å²) in [7, 11) is 0. The van der Waals surface area contributed by atoms with E-state index in [1.54, 1.807) is 20.8 Å². The molecule has 8 nitrogen and oxygen atoms in total. The Labute approximate surface area is 121 Å². The first-order chi connectivity index (χ1) is 9.72. The average molecular weight is 295 g/mol. The van der Waals surface area contributed by atoms with E-state index in [1.807, 2.05) is 0 Å². The molecule has 8 heteroatoms. The second kappa shape index (κ2) is 6.69. The highest BCUT2D eigenvalue weighted by molar-refractivity contribution is 5.91. The van der Waals surface area contributed by atoms with Crippen molar-refractivity contribution in [3.05, 3.63) is 33.9 Å². The number of nitro benzene ring substituents is 1. The lowest BCUT2D eigenvalue weighted by Gasteiger charge is -2.25. The number of nitrogens with zero attached hydrogens (tertiary/aromatic N) is 2. The fraction of sp³-hybridized carbons (Fsp3) is 0.385. The van der Waals surface area contributed by atoms with Gasteiger partial charge in [-0.2, -0.15) is 0 Å². The highest BCUT2D eigenvalue weighted by Crippen LogP contribution is 2.22. The van der Waals surface area contributed by atoms with Crippen molar-refractivity contribution in [1.29, 1.82) is 0 Å². The van der Waals surface area contributed by atoms with E-state index >= 15 is 0 Å². The number of rotatable bonds is 5. The number of urea groups is 1. The van der Waals surface area contributed by atoms with Gasteiger partial charge in [0.15, 0.2) is 0 Å². The minimum absolute atomic E-state index is 0.109. The molecule has 0 radical (unpaired) electrons. The Hall–Kier alpha value is -2.64. The number of benzene rings is 1. The van der Waals surface area contributed by atoms with Gasteiger partial charge in [0.2, 0.25) is 0 Å². The predicted molar refractivity (Wildman–Crippen MR) is 76.3 cm³/mol. The minimum Gasteiger partial charge on any atom is -0.480 e. The van der Waals surface area contributed by atoms with Gasteiger partial charge < -0.3 is 15.3 Å². The van der Waals surface area contributed by atoms with E-state index in [1.165, 1.54) is 18.2 Å². The molecule has 0 aliphatic rings. The molecule has 0 aromatic heterocycles. The lowest BCUT2D eigenvalue weighted by Crippen LogP contribution is -2.43. The molecule has 0 spiro atoms. The first-order valence-corrected chi connectivity index (χ1v) is 6.26. The Balaban J connectivity index is 2.93. The number of aliphatic carboxylic acids is 1. The van der Waals surface area contributed by atoms with Crippen LogP contribution < -0.4 is 5.32 Å². The van der Waals surface area contributed by atoms with Crippen molar-refractivity contribution in [3.8, 4) is 0 Å². The van der Waals surface area contributed by atoms with Gasteiger partial charge in [0, 0.05) is 23.4 Å². The zero-order chi connectivity index (χ0) is 16.2. The van der Waals surface area contributed by atoms with E-state index in [9.17, 15) is 19.7 Å². The van der Waals surface area contributed by atoms with Crippen LogP contribution in [0.15, 0.2) is 18.2 Å². The van der Waals surface area contributed by atoms with Crippen LogP contribution in [0.4, 0.5) is 16.2 Å².